The summed E-state index contributed by atoms with van der Waals surface area (Å²) in [6, 6.07) is 23.6. The molecule has 1 saturated heterocycles. The Morgan fingerprint density at radius 1 is 0.903 bits per heavy atom. The summed E-state index contributed by atoms with van der Waals surface area (Å²) in [5, 5.41) is 11.1. The summed E-state index contributed by atoms with van der Waals surface area (Å²) >= 11 is 0. The van der Waals surface area contributed by atoms with Crippen molar-refractivity contribution < 1.29 is 14.7 Å². The van der Waals surface area contributed by atoms with Gasteiger partial charge in [-0.25, -0.2) is 0 Å². The fourth-order valence-electron chi connectivity index (χ4n) is 4.03. The minimum absolute atomic E-state index is 0.106. The highest BCUT2D eigenvalue weighted by Gasteiger charge is 2.46. The number of anilines is 1. The van der Waals surface area contributed by atoms with Crippen LogP contribution >= 0.6 is 0 Å². The Morgan fingerprint density at radius 2 is 1.58 bits per heavy atom. The van der Waals surface area contributed by atoms with Crippen molar-refractivity contribution in [2.24, 2.45) is 0 Å². The summed E-state index contributed by atoms with van der Waals surface area (Å²) in [6.45, 7) is 6.17. The molecule has 31 heavy (non-hydrogen) atoms. The van der Waals surface area contributed by atoms with Gasteiger partial charge in [0.05, 0.1) is 11.6 Å². The van der Waals surface area contributed by atoms with Crippen LogP contribution in [0.5, 0.6) is 0 Å². The zero-order valence-electron chi connectivity index (χ0n) is 17.9. The molecule has 4 nitrogen and oxygen atoms in total. The van der Waals surface area contributed by atoms with Crippen LogP contribution < -0.4 is 4.90 Å². The van der Waals surface area contributed by atoms with Crippen LogP contribution in [0.2, 0.25) is 0 Å². The van der Waals surface area contributed by atoms with E-state index in [-0.39, 0.29) is 11.3 Å². The van der Waals surface area contributed by atoms with Gasteiger partial charge in [0.15, 0.2) is 0 Å². The van der Waals surface area contributed by atoms with Crippen LogP contribution in [-0.4, -0.2) is 16.8 Å². The molecule has 1 amide bonds. The van der Waals surface area contributed by atoms with E-state index >= 15 is 0 Å². The minimum Gasteiger partial charge on any atom is -0.507 e. The molecular weight excluding hydrogens is 386 g/mol. The summed E-state index contributed by atoms with van der Waals surface area (Å²) in [5.41, 5.74) is 4.19. The number of aliphatic hydroxyl groups excluding tert-OH is 1. The van der Waals surface area contributed by atoms with Crippen LogP contribution in [-0.2, 0) is 9.59 Å². The fraction of sp³-hybridized carbons (Fsp3) is 0.185. The Bertz CT molecular complexity index is 1160. The van der Waals surface area contributed by atoms with Gasteiger partial charge in [0.2, 0.25) is 0 Å². The molecule has 1 atom stereocenters. The molecular formula is C27H25NO3. The van der Waals surface area contributed by atoms with Gasteiger partial charge in [-0.05, 0) is 36.1 Å². The van der Waals surface area contributed by atoms with E-state index in [9.17, 15) is 14.7 Å². The maximum absolute atomic E-state index is 13.2. The van der Waals surface area contributed by atoms with E-state index in [1.54, 1.807) is 24.3 Å². The van der Waals surface area contributed by atoms with Crippen molar-refractivity contribution in [2.75, 3.05) is 4.90 Å². The zero-order valence-corrected chi connectivity index (χ0v) is 17.9. The monoisotopic (exact) mass is 411 g/mol. The summed E-state index contributed by atoms with van der Waals surface area (Å²) in [6.07, 6.45) is 0. The third-order valence-corrected chi connectivity index (χ3v) is 5.69. The first-order chi connectivity index (χ1) is 14.9. The normalized spacial score (nSPS) is 18.1. The zero-order chi connectivity index (χ0) is 22.1. The van der Waals surface area contributed by atoms with Crippen LogP contribution in [0.4, 0.5) is 5.69 Å². The second-order valence-electron chi connectivity index (χ2n) is 8.20. The van der Waals surface area contributed by atoms with Crippen molar-refractivity contribution >= 4 is 23.1 Å². The topological polar surface area (TPSA) is 57.6 Å². The van der Waals surface area contributed by atoms with Crippen LogP contribution in [0.3, 0.4) is 0 Å². The van der Waals surface area contributed by atoms with Gasteiger partial charge < -0.3 is 5.11 Å². The Labute approximate surface area is 182 Å². The van der Waals surface area contributed by atoms with Gasteiger partial charge in [-0.2, -0.15) is 0 Å². The lowest BCUT2D eigenvalue weighted by molar-refractivity contribution is -0.132. The molecule has 156 valence electrons. The van der Waals surface area contributed by atoms with Crippen molar-refractivity contribution in [3.8, 4) is 0 Å². The molecule has 1 N–H and O–H groups in total. The van der Waals surface area contributed by atoms with E-state index in [0.717, 1.165) is 16.7 Å². The first-order valence-corrected chi connectivity index (χ1v) is 10.4. The maximum Gasteiger partial charge on any atom is 0.300 e. The number of hydrogen-bond acceptors (Lipinski definition) is 3. The van der Waals surface area contributed by atoms with Crippen molar-refractivity contribution in [3.63, 3.8) is 0 Å². The Morgan fingerprint density at radius 3 is 2.19 bits per heavy atom. The van der Waals surface area contributed by atoms with Crippen LogP contribution in [0.25, 0.3) is 5.76 Å². The van der Waals surface area contributed by atoms with Gasteiger partial charge in [0.25, 0.3) is 11.7 Å². The molecule has 4 heteroatoms. The highest BCUT2D eigenvalue weighted by Crippen LogP contribution is 2.42. The Hall–Kier alpha value is -3.66. The number of aliphatic hydroxyl groups is 1. The fourth-order valence-corrected chi connectivity index (χ4v) is 4.03. The quantitative estimate of drug-likeness (QED) is 0.338. The highest BCUT2D eigenvalue weighted by atomic mass is 16.3. The van der Waals surface area contributed by atoms with Crippen molar-refractivity contribution in [2.45, 2.75) is 32.7 Å². The van der Waals surface area contributed by atoms with Crippen LogP contribution in [0.1, 0.15) is 48.1 Å². The minimum atomic E-state index is -0.704. The predicted molar refractivity (Wildman–Crippen MR) is 123 cm³/mol. The second kappa shape index (κ2) is 8.23. The molecule has 0 bridgehead atoms. The largest absolute Gasteiger partial charge is 0.507 e. The molecule has 4 rings (SSSR count). The lowest BCUT2D eigenvalue weighted by Crippen LogP contribution is -2.29. The van der Waals surface area contributed by atoms with Crippen molar-refractivity contribution in [1.82, 2.24) is 0 Å². The van der Waals surface area contributed by atoms with E-state index in [1.807, 2.05) is 61.5 Å². The van der Waals surface area contributed by atoms with E-state index in [1.165, 1.54) is 4.90 Å². The summed E-state index contributed by atoms with van der Waals surface area (Å²) in [7, 11) is 0. The number of carbonyl (C=O) groups excluding carboxylic acids is 2. The number of Topliss-reactive ketones (excluding diaryl/α,β-unsaturated/α-hetero) is 1. The second-order valence-corrected chi connectivity index (χ2v) is 8.20. The number of carbonyl (C=O) groups is 2. The molecule has 1 aliphatic heterocycles. The first-order valence-electron chi connectivity index (χ1n) is 10.4. The standard InChI is InChI=1S/C27H25NO3/c1-17(2)19-12-14-22(15-13-19)28-24(21-11-7-8-18(3)16-21)23(26(30)27(28)31)25(29)20-9-5-4-6-10-20/h4-17,24,29H,1-3H3/b25-23-. The van der Waals surface area contributed by atoms with Gasteiger partial charge in [-0.3, -0.25) is 14.5 Å². The first kappa shape index (κ1) is 20.6. The molecule has 1 unspecified atom stereocenters. The average molecular weight is 412 g/mol. The molecule has 0 saturated carbocycles. The third kappa shape index (κ3) is 3.77. The van der Waals surface area contributed by atoms with Crippen LogP contribution in [0, 0.1) is 6.92 Å². The number of amides is 1. The number of aryl methyl sites for hydroxylation is 1. The average Bonchev–Trinajstić information content (AvgIpc) is 3.04. The number of ketones is 1. The highest BCUT2D eigenvalue weighted by molar-refractivity contribution is 6.51. The van der Waals surface area contributed by atoms with Crippen molar-refractivity contribution in [3.05, 3.63) is 107 Å². The number of nitrogens with zero attached hydrogens (tertiary/aromatic N) is 1. The molecule has 1 fully saturated rings. The molecule has 3 aromatic carbocycles. The Balaban J connectivity index is 1.92. The van der Waals surface area contributed by atoms with Gasteiger partial charge in [-0.15, -0.1) is 0 Å². The SMILES string of the molecule is Cc1cccc(C2/C(=C(/O)c3ccccc3)C(=O)C(=O)N2c2ccc(C(C)C)cc2)c1. The molecule has 0 aliphatic carbocycles. The lowest BCUT2D eigenvalue weighted by Gasteiger charge is -2.26. The van der Waals surface area contributed by atoms with Gasteiger partial charge in [-0.1, -0.05) is 86.1 Å². The predicted octanol–water partition coefficient (Wildman–Crippen LogP) is 5.74. The molecule has 1 aliphatic rings. The maximum atomic E-state index is 13.2. The molecule has 0 spiro atoms. The van der Waals surface area contributed by atoms with Gasteiger partial charge >= 0.3 is 0 Å². The number of rotatable bonds is 4. The summed E-state index contributed by atoms with van der Waals surface area (Å²) in [4.78, 5) is 27.8. The molecule has 3 aromatic rings. The molecule has 0 aromatic heterocycles. The smallest absolute Gasteiger partial charge is 0.300 e. The van der Waals surface area contributed by atoms with E-state index in [0.29, 0.717) is 17.2 Å². The van der Waals surface area contributed by atoms with Crippen LogP contribution in [0.15, 0.2) is 84.4 Å². The molecule has 1 heterocycles. The van der Waals surface area contributed by atoms with E-state index in [2.05, 4.69) is 13.8 Å². The van der Waals surface area contributed by atoms with E-state index in [4.69, 9.17) is 0 Å². The number of hydrogen-bond donors (Lipinski definition) is 1. The van der Waals surface area contributed by atoms with Crippen molar-refractivity contribution in [1.29, 1.82) is 0 Å². The third-order valence-electron chi connectivity index (χ3n) is 5.69. The lowest BCUT2D eigenvalue weighted by atomic mass is 9.94. The van der Waals surface area contributed by atoms with Gasteiger partial charge in [0, 0.05) is 11.3 Å². The summed E-state index contributed by atoms with van der Waals surface area (Å²) < 4.78 is 0. The molecule has 0 radical (unpaired) electrons. The summed E-state index contributed by atoms with van der Waals surface area (Å²) in [5.74, 6) is -1.12. The van der Waals surface area contributed by atoms with Gasteiger partial charge in [0.1, 0.15) is 5.76 Å². The Kier molecular flexibility index (Phi) is 5.47. The van der Waals surface area contributed by atoms with E-state index < -0.39 is 17.7 Å². The number of benzene rings is 3.